The number of rotatable bonds is 5. The van der Waals surface area contributed by atoms with Gasteiger partial charge in [-0.3, -0.25) is 9.59 Å². The molecule has 86 valence electrons. The Bertz CT molecular complexity index is 229. The van der Waals surface area contributed by atoms with Crippen LogP contribution in [0.5, 0.6) is 0 Å². The minimum Gasteiger partial charge on any atom is -0.354 e. The van der Waals surface area contributed by atoms with Gasteiger partial charge in [-0.05, 0) is 23.8 Å². The number of hydrogen-bond acceptors (Lipinski definition) is 4. The molecule has 0 aromatic heterocycles. The number of thioether (sulfide) groups is 1. The minimum atomic E-state index is -0.304. The number of nitrogens with one attached hydrogen (secondary N) is 2. The van der Waals surface area contributed by atoms with Gasteiger partial charge in [-0.1, -0.05) is 0 Å². The summed E-state index contributed by atoms with van der Waals surface area (Å²) in [5.41, 5.74) is 5.09. The first-order chi connectivity index (χ1) is 7.22. The Morgan fingerprint density at radius 2 is 2.13 bits per heavy atom. The lowest BCUT2D eigenvalue weighted by Crippen LogP contribution is -2.40. The number of amides is 2. The maximum absolute atomic E-state index is 11.2. The van der Waals surface area contributed by atoms with Gasteiger partial charge in [0.1, 0.15) is 0 Å². The largest absolute Gasteiger partial charge is 0.354 e. The van der Waals surface area contributed by atoms with E-state index >= 15 is 0 Å². The van der Waals surface area contributed by atoms with Crippen molar-refractivity contribution in [1.82, 2.24) is 10.6 Å². The maximum atomic E-state index is 11.2. The van der Waals surface area contributed by atoms with Gasteiger partial charge in [0.15, 0.2) is 0 Å². The van der Waals surface area contributed by atoms with Gasteiger partial charge in [0.25, 0.3) is 0 Å². The van der Waals surface area contributed by atoms with Crippen molar-refractivity contribution in [3.8, 4) is 0 Å². The summed E-state index contributed by atoms with van der Waals surface area (Å²) in [6.07, 6.45) is 1.17. The second-order valence-corrected chi connectivity index (χ2v) is 4.66. The first-order valence-electron chi connectivity index (χ1n) is 5.03. The van der Waals surface area contributed by atoms with E-state index in [4.69, 9.17) is 5.73 Å². The first kappa shape index (κ1) is 12.3. The van der Waals surface area contributed by atoms with E-state index in [-0.39, 0.29) is 24.9 Å². The van der Waals surface area contributed by atoms with Crippen molar-refractivity contribution < 1.29 is 9.59 Å². The zero-order chi connectivity index (χ0) is 11.1. The molecule has 1 rings (SSSR count). The highest BCUT2D eigenvalue weighted by Gasteiger charge is 2.15. The molecule has 1 aliphatic heterocycles. The third-order valence-electron chi connectivity index (χ3n) is 2.24. The predicted octanol–water partition coefficient (Wildman–Crippen LogP) is -1.07. The summed E-state index contributed by atoms with van der Waals surface area (Å²) >= 11 is 1.92. The third-order valence-corrected chi connectivity index (χ3v) is 3.47. The fourth-order valence-electron chi connectivity index (χ4n) is 1.32. The summed E-state index contributed by atoms with van der Waals surface area (Å²) in [5, 5.41) is 5.22. The quantitative estimate of drug-likeness (QED) is 0.562. The number of nitrogens with two attached hydrogens (primary N) is 1. The summed E-state index contributed by atoms with van der Waals surface area (Å²) in [6.45, 7) is 0.659. The van der Waals surface area contributed by atoms with Crippen molar-refractivity contribution in [1.29, 1.82) is 0 Å². The van der Waals surface area contributed by atoms with Crippen LogP contribution >= 0.6 is 11.8 Å². The molecule has 0 radical (unpaired) electrons. The second kappa shape index (κ2) is 6.68. The van der Waals surface area contributed by atoms with E-state index in [0.717, 1.165) is 5.75 Å². The van der Waals surface area contributed by atoms with Crippen LogP contribution in [0.3, 0.4) is 0 Å². The fourth-order valence-corrected chi connectivity index (χ4v) is 2.60. The molecule has 1 heterocycles. The lowest BCUT2D eigenvalue weighted by atomic mass is 10.1. The van der Waals surface area contributed by atoms with Gasteiger partial charge in [0, 0.05) is 6.54 Å². The van der Waals surface area contributed by atoms with Gasteiger partial charge < -0.3 is 16.4 Å². The van der Waals surface area contributed by atoms with Crippen LogP contribution in [0.4, 0.5) is 0 Å². The molecule has 2 amide bonds. The smallest absolute Gasteiger partial charge is 0.239 e. The standard InChI is InChI=1S/C9H17N3O2S/c10-3-8(13)12-5-9(14)11-4-7-1-2-15-6-7/h7H,1-6,10H2,(H,11,14)(H,12,13). The fraction of sp³-hybridized carbons (Fsp3) is 0.778. The summed E-state index contributed by atoms with van der Waals surface area (Å²) in [7, 11) is 0. The lowest BCUT2D eigenvalue weighted by molar-refractivity contribution is -0.125. The molecule has 6 heteroatoms. The van der Waals surface area contributed by atoms with Gasteiger partial charge >= 0.3 is 0 Å². The SMILES string of the molecule is NCC(=O)NCC(=O)NCC1CCSC1. The van der Waals surface area contributed by atoms with E-state index < -0.39 is 0 Å². The summed E-state index contributed by atoms with van der Waals surface area (Å²) in [6, 6.07) is 0. The van der Waals surface area contributed by atoms with Gasteiger partial charge in [-0.2, -0.15) is 11.8 Å². The molecule has 1 aliphatic rings. The Kier molecular flexibility index (Phi) is 5.49. The minimum absolute atomic E-state index is 0.0237. The highest BCUT2D eigenvalue weighted by Crippen LogP contribution is 2.22. The maximum Gasteiger partial charge on any atom is 0.239 e. The van der Waals surface area contributed by atoms with Crippen molar-refractivity contribution in [2.24, 2.45) is 11.7 Å². The Morgan fingerprint density at radius 1 is 1.33 bits per heavy atom. The van der Waals surface area contributed by atoms with Gasteiger partial charge in [0.2, 0.25) is 11.8 Å². The molecule has 0 aromatic rings. The summed E-state index contributed by atoms with van der Waals surface area (Å²) in [5.74, 6) is 2.44. The molecule has 0 aromatic carbocycles. The van der Waals surface area contributed by atoms with Crippen LogP contribution in [0.15, 0.2) is 0 Å². The third kappa shape index (κ3) is 5.03. The molecule has 1 fully saturated rings. The van der Waals surface area contributed by atoms with Gasteiger partial charge in [-0.15, -0.1) is 0 Å². The lowest BCUT2D eigenvalue weighted by Gasteiger charge is -2.10. The van der Waals surface area contributed by atoms with Crippen LogP contribution in [0.2, 0.25) is 0 Å². The molecule has 0 bridgehead atoms. The van der Waals surface area contributed by atoms with E-state index in [0.29, 0.717) is 12.5 Å². The van der Waals surface area contributed by atoms with E-state index in [9.17, 15) is 9.59 Å². The Hall–Kier alpha value is -0.750. The van der Waals surface area contributed by atoms with Crippen molar-refractivity contribution in [3.63, 3.8) is 0 Å². The van der Waals surface area contributed by atoms with Crippen LogP contribution in [0.1, 0.15) is 6.42 Å². The van der Waals surface area contributed by atoms with E-state index in [1.54, 1.807) is 0 Å². The zero-order valence-corrected chi connectivity index (χ0v) is 9.44. The predicted molar refractivity (Wildman–Crippen MR) is 60.5 cm³/mol. The normalized spacial score (nSPS) is 19.9. The molecule has 4 N–H and O–H groups in total. The van der Waals surface area contributed by atoms with Crippen molar-refractivity contribution in [2.75, 3.05) is 31.1 Å². The highest BCUT2D eigenvalue weighted by molar-refractivity contribution is 7.99. The van der Waals surface area contributed by atoms with Crippen LogP contribution in [-0.2, 0) is 9.59 Å². The van der Waals surface area contributed by atoms with Crippen LogP contribution in [0, 0.1) is 5.92 Å². The van der Waals surface area contributed by atoms with Crippen LogP contribution in [-0.4, -0.2) is 43.0 Å². The van der Waals surface area contributed by atoms with Gasteiger partial charge in [-0.25, -0.2) is 0 Å². The number of hydrogen-bond donors (Lipinski definition) is 3. The van der Waals surface area contributed by atoms with Crippen molar-refractivity contribution in [2.45, 2.75) is 6.42 Å². The molecule has 0 spiro atoms. The topological polar surface area (TPSA) is 84.2 Å². The first-order valence-corrected chi connectivity index (χ1v) is 6.19. The average Bonchev–Trinajstić information content (AvgIpc) is 2.75. The summed E-state index contributed by atoms with van der Waals surface area (Å²) in [4.78, 5) is 22.0. The van der Waals surface area contributed by atoms with E-state index in [2.05, 4.69) is 10.6 Å². The average molecular weight is 231 g/mol. The van der Waals surface area contributed by atoms with Crippen LogP contribution in [0.25, 0.3) is 0 Å². The van der Waals surface area contributed by atoms with E-state index in [1.807, 2.05) is 11.8 Å². The Balaban J connectivity index is 2.05. The molecule has 1 unspecified atom stereocenters. The molecular weight excluding hydrogens is 214 g/mol. The highest BCUT2D eigenvalue weighted by atomic mass is 32.2. The van der Waals surface area contributed by atoms with Crippen molar-refractivity contribution >= 4 is 23.6 Å². The molecule has 1 atom stereocenters. The molecule has 1 saturated heterocycles. The molecule has 15 heavy (non-hydrogen) atoms. The molecule has 5 nitrogen and oxygen atoms in total. The number of carbonyl (C=O) groups excluding carboxylic acids is 2. The molecule has 0 aliphatic carbocycles. The van der Waals surface area contributed by atoms with Crippen molar-refractivity contribution in [3.05, 3.63) is 0 Å². The second-order valence-electron chi connectivity index (χ2n) is 3.51. The van der Waals surface area contributed by atoms with E-state index in [1.165, 1.54) is 12.2 Å². The van der Waals surface area contributed by atoms with Gasteiger partial charge in [0.05, 0.1) is 13.1 Å². The van der Waals surface area contributed by atoms with Crippen LogP contribution < -0.4 is 16.4 Å². The summed E-state index contributed by atoms with van der Waals surface area (Å²) < 4.78 is 0. The zero-order valence-electron chi connectivity index (χ0n) is 8.62. The molecular formula is C9H17N3O2S. The Morgan fingerprint density at radius 3 is 2.73 bits per heavy atom. The Labute approximate surface area is 93.5 Å². The number of carbonyl (C=O) groups is 2. The monoisotopic (exact) mass is 231 g/mol. The molecule has 0 saturated carbocycles.